The molecule has 1 aliphatic heterocycles. The van der Waals surface area contributed by atoms with Crippen LogP contribution in [-0.2, 0) is 10.4 Å². The van der Waals surface area contributed by atoms with Gasteiger partial charge < -0.3 is 20.4 Å². The molecule has 3 rings (SSSR count). The first kappa shape index (κ1) is 17.4. The predicted molar refractivity (Wildman–Crippen MR) is 92.3 cm³/mol. The number of amides is 1. The summed E-state index contributed by atoms with van der Waals surface area (Å²) in [5.41, 5.74) is 0.0201. The number of nitrogens with one attached hydrogen (secondary N) is 1. The minimum absolute atomic E-state index is 0.0154. The Balaban J connectivity index is 1.48. The lowest BCUT2D eigenvalue weighted by Gasteiger charge is -2.37. The van der Waals surface area contributed by atoms with Gasteiger partial charge in [-0.05, 0) is 57.2 Å². The average molecular weight is 332 g/mol. The molecule has 1 aromatic rings. The van der Waals surface area contributed by atoms with Gasteiger partial charge in [0.25, 0.3) is 0 Å². The summed E-state index contributed by atoms with van der Waals surface area (Å²) in [7, 11) is 0. The Kier molecular flexibility index (Phi) is 5.23. The van der Waals surface area contributed by atoms with Crippen LogP contribution < -0.4 is 5.32 Å². The summed E-state index contributed by atoms with van der Waals surface area (Å²) in [6.07, 6.45) is 2.73. The molecule has 2 atom stereocenters. The summed E-state index contributed by atoms with van der Waals surface area (Å²) in [5.74, 6) is -0.200. The van der Waals surface area contributed by atoms with Crippen molar-refractivity contribution in [2.45, 2.75) is 50.4 Å². The summed E-state index contributed by atoms with van der Waals surface area (Å²) in [4.78, 5) is 14.2. The van der Waals surface area contributed by atoms with E-state index in [9.17, 15) is 15.0 Å². The van der Waals surface area contributed by atoms with E-state index in [1.165, 1.54) is 0 Å². The molecule has 5 heteroatoms. The maximum Gasteiger partial charge on any atom is 0.249 e. The van der Waals surface area contributed by atoms with Crippen LogP contribution in [0.4, 0.5) is 0 Å². The molecule has 0 unspecified atom stereocenters. The van der Waals surface area contributed by atoms with Gasteiger partial charge in [-0.25, -0.2) is 0 Å². The van der Waals surface area contributed by atoms with Gasteiger partial charge in [-0.3, -0.25) is 4.79 Å². The SMILES string of the molecule is C[C@@](O)(CN1CCC([C@H](O)C(=O)NC2CC2)CC1)c1ccccc1. The Bertz CT molecular complexity index is 549. The molecule has 1 heterocycles. The Labute approximate surface area is 143 Å². The highest BCUT2D eigenvalue weighted by molar-refractivity contribution is 5.81. The topological polar surface area (TPSA) is 72.8 Å². The second-order valence-electron chi connectivity index (χ2n) is 7.48. The molecule has 1 saturated heterocycles. The number of piperidine rings is 1. The van der Waals surface area contributed by atoms with Crippen molar-refractivity contribution in [1.82, 2.24) is 10.2 Å². The zero-order valence-corrected chi connectivity index (χ0v) is 14.3. The van der Waals surface area contributed by atoms with Gasteiger partial charge in [0.2, 0.25) is 5.91 Å². The molecule has 1 amide bonds. The van der Waals surface area contributed by atoms with Gasteiger partial charge in [-0.1, -0.05) is 30.3 Å². The normalized spacial score (nSPS) is 23.5. The fraction of sp³-hybridized carbons (Fsp3) is 0.632. The highest BCUT2D eigenvalue weighted by atomic mass is 16.3. The van der Waals surface area contributed by atoms with Crippen molar-refractivity contribution in [2.75, 3.05) is 19.6 Å². The second kappa shape index (κ2) is 7.21. The maximum absolute atomic E-state index is 12.0. The molecule has 1 aromatic carbocycles. The zero-order valence-electron chi connectivity index (χ0n) is 14.3. The molecule has 0 spiro atoms. The van der Waals surface area contributed by atoms with Gasteiger partial charge in [0.15, 0.2) is 0 Å². The van der Waals surface area contributed by atoms with Gasteiger partial charge in [0, 0.05) is 12.6 Å². The van der Waals surface area contributed by atoms with Gasteiger partial charge in [-0.2, -0.15) is 0 Å². The smallest absolute Gasteiger partial charge is 0.249 e. The van der Waals surface area contributed by atoms with Crippen molar-refractivity contribution in [3.05, 3.63) is 35.9 Å². The number of hydrogen-bond acceptors (Lipinski definition) is 4. The van der Waals surface area contributed by atoms with E-state index in [1.54, 1.807) is 0 Å². The first-order chi connectivity index (χ1) is 11.5. The monoisotopic (exact) mass is 332 g/mol. The molecule has 132 valence electrons. The third kappa shape index (κ3) is 4.35. The number of benzene rings is 1. The number of likely N-dealkylation sites (tertiary alicyclic amines) is 1. The standard InChI is InChI=1S/C19H28N2O3/c1-19(24,15-5-3-2-4-6-15)13-21-11-9-14(10-12-21)17(22)18(23)20-16-7-8-16/h2-6,14,16-17,22,24H,7-13H2,1H3,(H,20,23)/t17-,19+/m0/s1. The van der Waals surface area contributed by atoms with Crippen LogP contribution in [-0.4, -0.2) is 52.8 Å². The molecule has 24 heavy (non-hydrogen) atoms. The first-order valence-electron chi connectivity index (χ1n) is 8.94. The van der Waals surface area contributed by atoms with Crippen LogP contribution in [0, 0.1) is 5.92 Å². The third-order valence-electron chi connectivity index (χ3n) is 5.20. The van der Waals surface area contributed by atoms with Crippen molar-refractivity contribution in [3.8, 4) is 0 Å². The van der Waals surface area contributed by atoms with Crippen molar-refractivity contribution < 1.29 is 15.0 Å². The summed E-state index contributed by atoms with van der Waals surface area (Å²) in [6.45, 7) is 3.99. The molecular formula is C19H28N2O3. The maximum atomic E-state index is 12.0. The van der Waals surface area contributed by atoms with Crippen LogP contribution >= 0.6 is 0 Å². The zero-order chi connectivity index (χ0) is 17.2. The van der Waals surface area contributed by atoms with Crippen LogP contribution in [0.3, 0.4) is 0 Å². The molecule has 0 radical (unpaired) electrons. The Morgan fingerprint density at radius 3 is 2.46 bits per heavy atom. The predicted octanol–water partition coefficient (Wildman–Crippen LogP) is 1.25. The van der Waals surface area contributed by atoms with Gasteiger partial charge in [0.05, 0.1) is 5.60 Å². The summed E-state index contributed by atoms with van der Waals surface area (Å²) >= 11 is 0. The summed E-state index contributed by atoms with van der Waals surface area (Å²) < 4.78 is 0. The summed E-state index contributed by atoms with van der Waals surface area (Å²) in [5, 5.41) is 23.9. The number of aliphatic hydroxyl groups is 2. The summed E-state index contributed by atoms with van der Waals surface area (Å²) in [6, 6.07) is 9.99. The van der Waals surface area contributed by atoms with Gasteiger partial charge in [0.1, 0.15) is 6.10 Å². The van der Waals surface area contributed by atoms with E-state index in [-0.39, 0.29) is 17.9 Å². The average Bonchev–Trinajstić information content (AvgIpc) is 3.39. The van der Waals surface area contributed by atoms with Crippen LogP contribution in [0.25, 0.3) is 0 Å². The number of hydrogen-bond donors (Lipinski definition) is 3. The van der Waals surface area contributed by atoms with Crippen LogP contribution in [0.1, 0.15) is 38.2 Å². The third-order valence-corrected chi connectivity index (χ3v) is 5.20. The first-order valence-corrected chi connectivity index (χ1v) is 8.94. The Morgan fingerprint density at radius 1 is 1.25 bits per heavy atom. The quantitative estimate of drug-likeness (QED) is 0.733. The minimum Gasteiger partial charge on any atom is -0.384 e. The van der Waals surface area contributed by atoms with E-state index in [0.29, 0.717) is 6.54 Å². The molecule has 2 aliphatic rings. The molecule has 0 bridgehead atoms. The molecule has 5 nitrogen and oxygen atoms in total. The number of carbonyl (C=O) groups excluding carboxylic acids is 1. The molecule has 0 aromatic heterocycles. The van der Waals surface area contributed by atoms with E-state index < -0.39 is 11.7 Å². The number of carbonyl (C=O) groups is 1. The minimum atomic E-state index is -0.901. The number of β-amino-alcohol motifs (C(OH)–C–C–N with tert-alkyl or cyclic N) is 1. The Hall–Kier alpha value is -1.43. The lowest BCUT2D eigenvalue weighted by Crippen LogP contribution is -2.47. The lowest BCUT2D eigenvalue weighted by molar-refractivity contribution is -0.133. The lowest BCUT2D eigenvalue weighted by atomic mass is 9.89. The van der Waals surface area contributed by atoms with E-state index in [4.69, 9.17) is 0 Å². The largest absolute Gasteiger partial charge is 0.384 e. The van der Waals surface area contributed by atoms with Crippen LogP contribution in [0.15, 0.2) is 30.3 Å². The molecular weight excluding hydrogens is 304 g/mol. The number of aliphatic hydroxyl groups excluding tert-OH is 1. The van der Waals surface area contributed by atoms with E-state index in [2.05, 4.69) is 10.2 Å². The number of rotatable bonds is 6. The fourth-order valence-corrected chi connectivity index (χ4v) is 3.48. The highest BCUT2D eigenvalue weighted by Gasteiger charge is 2.34. The van der Waals surface area contributed by atoms with E-state index in [1.807, 2.05) is 37.3 Å². The van der Waals surface area contributed by atoms with Crippen LogP contribution in [0.2, 0.25) is 0 Å². The van der Waals surface area contributed by atoms with Crippen molar-refractivity contribution in [1.29, 1.82) is 0 Å². The van der Waals surface area contributed by atoms with Crippen molar-refractivity contribution >= 4 is 5.91 Å². The van der Waals surface area contributed by atoms with Gasteiger partial charge >= 0.3 is 0 Å². The molecule has 1 saturated carbocycles. The molecule has 3 N–H and O–H groups in total. The second-order valence-corrected chi connectivity index (χ2v) is 7.48. The number of nitrogens with zero attached hydrogens (tertiary/aromatic N) is 1. The molecule has 2 fully saturated rings. The molecule has 1 aliphatic carbocycles. The van der Waals surface area contributed by atoms with E-state index >= 15 is 0 Å². The van der Waals surface area contributed by atoms with Crippen LogP contribution in [0.5, 0.6) is 0 Å². The fourth-order valence-electron chi connectivity index (χ4n) is 3.48. The Morgan fingerprint density at radius 2 is 1.88 bits per heavy atom. The van der Waals surface area contributed by atoms with Gasteiger partial charge in [-0.15, -0.1) is 0 Å². The highest BCUT2D eigenvalue weighted by Crippen LogP contribution is 2.27. The van der Waals surface area contributed by atoms with Crippen molar-refractivity contribution in [3.63, 3.8) is 0 Å². The van der Waals surface area contributed by atoms with E-state index in [0.717, 1.165) is 44.3 Å². The van der Waals surface area contributed by atoms with Crippen molar-refractivity contribution in [2.24, 2.45) is 5.92 Å².